The molecule has 16 heteroatoms. The lowest BCUT2D eigenvalue weighted by Gasteiger charge is -2.39. The van der Waals surface area contributed by atoms with E-state index in [0.29, 0.717) is 48.6 Å². The van der Waals surface area contributed by atoms with Crippen molar-refractivity contribution in [1.29, 1.82) is 0 Å². The van der Waals surface area contributed by atoms with E-state index in [9.17, 15) is 28.0 Å². The van der Waals surface area contributed by atoms with Gasteiger partial charge in [0.1, 0.15) is 23.7 Å². The lowest BCUT2D eigenvalue weighted by atomic mass is 9.97. The SMILES string of the molecule is CC(C)C[C@H]1C(=O)N[C@@H](c2ccc[nH]2)CN1C(=O)c1cc(-c2ccc(F)cc2)on1.CC(C)C[C@H]1C(=O)N[C@H](c2ccc[nH]2)CN1C(=O)c1cc(-c2ccc(F)cc2)on1. The Morgan fingerprint density at radius 2 is 1.03 bits per heavy atom. The molecule has 14 nitrogen and oxygen atoms in total. The number of H-pyrrole nitrogens is 2. The van der Waals surface area contributed by atoms with Gasteiger partial charge in [0.15, 0.2) is 22.9 Å². The van der Waals surface area contributed by atoms with E-state index in [1.54, 1.807) is 46.5 Å². The van der Waals surface area contributed by atoms with E-state index in [-0.39, 0.29) is 70.6 Å². The summed E-state index contributed by atoms with van der Waals surface area (Å²) >= 11 is 0. The van der Waals surface area contributed by atoms with Gasteiger partial charge in [-0.05, 0) is 97.5 Å². The molecular formula is C44H46F2N8O6. The van der Waals surface area contributed by atoms with Crippen molar-refractivity contribution in [2.75, 3.05) is 13.1 Å². The van der Waals surface area contributed by atoms with Gasteiger partial charge in [0.05, 0.1) is 12.1 Å². The van der Waals surface area contributed by atoms with Gasteiger partial charge in [-0.2, -0.15) is 0 Å². The highest BCUT2D eigenvalue weighted by molar-refractivity contribution is 5.98. The molecule has 4 atom stereocenters. The van der Waals surface area contributed by atoms with E-state index in [1.807, 2.05) is 52.0 Å². The van der Waals surface area contributed by atoms with Crippen LogP contribution in [0.2, 0.25) is 0 Å². The molecule has 2 fully saturated rings. The number of hydrogen-bond donors (Lipinski definition) is 4. The zero-order chi connectivity index (χ0) is 42.5. The predicted molar refractivity (Wildman–Crippen MR) is 216 cm³/mol. The van der Waals surface area contributed by atoms with Crippen molar-refractivity contribution in [3.8, 4) is 22.6 Å². The fourth-order valence-corrected chi connectivity index (χ4v) is 7.39. The number of amides is 4. The summed E-state index contributed by atoms with van der Waals surface area (Å²) in [6.07, 6.45) is 4.64. The summed E-state index contributed by atoms with van der Waals surface area (Å²) in [5, 5.41) is 13.8. The average molecular weight is 821 g/mol. The molecule has 4 amide bonds. The third-order valence-electron chi connectivity index (χ3n) is 10.4. The summed E-state index contributed by atoms with van der Waals surface area (Å²) < 4.78 is 37.0. The van der Waals surface area contributed by atoms with Gasteiger partial charge in [-0.15, -0.1) is 0 Å². The van der Waals surface area contributed by atoms with Gasteiger partial charge in [-0.1, -0.05) is 38.0 Å². The molecule has 4 aromatic heterocycles. The number of nitrogens with one attached hydrogen (secondary N) is 4. The van der Waals surface area contributed by atoms with Crippen molar-refractivity contribution < 1.29 is 37.0 Å². The number of benzene rings is 2. The molecule has 6 aromatic rings. The van der Waals surface area contributed by atoms with E-state index >= 15 is 0 Å². The van der Waals surface area contributed by atoms with Gasteiger partial charge in [0.2, 0.25) is 11.8 Å². The van der Waals surface area contributed by atoms with Crippen LogP contribution in [0.15, 0.2) is 106 Å². The summed E-state index contributed by atoms with van der Waals surface area (Å²) in [6.45, 7) is 8.68. The smallest absolute Gasteiger partial charge is 0.276 e. The highest BCUT2D eigenvalue weighted by atomic mass is 19.1. The first kappa shape index (κ1) is 41.3. The minimum atomic E-state index is -0.588. The van der Waals surface area contributed by atoms with Crippen molar-refractivity contribution >= 4 is 23.6 Å². The number of aromatic amines is 2. The van der Waals surface area contributed by atoms with Crippen LogP contribution in [0, 0.1) is 23.5 Å². The van der Waals surface area contributed by atoms with Gasteiger partial charge >= 0.3 is 0 Å². The monoisotopic (exact) mass is 820 g/mol. The second kappa shape index (κ2) is 18.0. The number of nitrogens with zero attached hydrogens (tertiary/aromatic N) is 4. The van der Waals surface area contributed by atoms with Crippen LogP contribution >= 0.6 is 0 Å². The third-order valence-corrected chi connectivity index (χ3v) is 10.4. The maximum absolute atomic E-state index is 13.3. The summed E-state index contributed by atoms with van der Waals surface area (Å²) in [5.74, 6) is -0.664. The highest BCUT2D eigenvalue weighted by Crippen LogP contribution is 2.29. The molecule has 0 bridgehead atoms. The first-order valence-electron chi connectivity index (χ1n) is 19.8. The molecule has 8 rings (SSSR count). The Hall–Kier alpha value is -6.84. The maximum atomic E-state index is 13.3. The van der Waals surface area contributed by atoms with Crippen LogP contribution < -0.4 is 10.6 Å². The fraction of sp³-hybridized carbons (Fsp3) is 0.318. The maximum Gasteiger partial charge on any atom is 0.276 e. The van der Waals surface area contributed by atoms with E-state index in [0.717, 1.165) is 11.4 Å². The van der Waals surface area contributed by atoms with E-state index in [1.165, 1.54) is 36.4 Å². The lowest BCUT2D eigenvalue weighted by Crippen LogP contribution is -2.58. The molecule has 2 aliphatic heterocycles. The average Bonchev–Trinajstić information content (AvgIpc) is 4.08. The number of carbonyl (C=O) groups excluding carboxylic acids is 4. The summed E-state index contributed by atoms with van der Waals surface area (Å²) in [5.41, 5.74) is 3.11. The molecule has 0 spiro atoms. The Balaban J connectivity index is 0.000000181. The number of piperazine rings is 2. The number of rotatable bonds is 10. The van der Waals surface area contributed by atoms with Crippen molar-refractivity contribution in [3.05, 3.63) is 132 Å². The molecule has 4 N–H and O–H groups in total. The van der Waals surface area contributed by atoms with Gasteiger partial charge in [-0.25, -0.2) is 8.78 Å². The van der Waals surface area contributed by atoms with Crippen LogP contribution in [0.3, 0.4) is 0 Å². The van der Waals surface area contributed by atoms with Crippen LogP contribution in [0.5, 0.6) is 0 Å². The van der Waals surface area contributed by atoms with Gasteiger partial charge in [0.25, 0.3) is 11.8 Å². The molecule has 0 radical (unpaired) electrons. The number of aromatic nitrogens is 4. The first-order chi connectivity index (χ1) is 28.8. The minimum Gasteiger partial charge on any atom is -0.363 e. The van der Waals surface area contributed by atoms with E-state index in [4.69, 9.17) is 9.05 Å². The zero-order valence-electron chi connectivity index (χ0n) is 33.5. The molecule has 0 saturated carbocycles. The lowest BCUT2D eigenvalue weighted by molar-refractivity contribution is -0.130. The zero-order valence-corrected chi connectivity index (χ0v) is 33.5. The van der Waals surface area contributed by atoms with Crippen LogP contribution in [-0.2, 0) is 9.59 Å². The Morgan fingerprint density at radius 1 is 0.650 bits per heavy atom. The molecule has 2 aromatic carbocycles. The van der Waals surface area contributed by atoms with Crippen molar-refractivity contribution in [2.24, 2.45) is 11.8 Å². The molecule has 6 heterocycles. The normalized spacial score (nSPS) is 19.2. The standard InChI is InChI=1S/2C22H23FN4O3/c2*1-13(2)10-19-21(28)25-18(16-4-3-9-24-16)12-27(19)22(29)17-11-20(30-26-17)14-5-7-15(23)8-6-14/h2*3-9,11,13,18-19,24H,10,12H2,1-2H3,(H,25,28)/t18-,19+;18-,19-/m10/s1. The Morgan fingerprint density at radius 3 is 1.37 bits per heavy atom. The van der Waals surface area contributed by atoms with Crippen molar-refractivity contribution in [3.63, 3.8) is 0 Å². The van der Waals surface area contributed by atoms with Crippen molar-refractivity contribution in [1.82, 2.24) is 40.7 Å². The second-order valence-corrected chi connectivity index (χ2v) is 15.7. The molecular weight excluding hydrogens is 775 g/mol. The number of hydrogen-bond acceptors (Lipinski definition) is 8. The molecule has 2 aliphatic rings. The largest absolute Gasteiger partial charge is 0.363 e. The van der Waals surface area contributed by atoms with E-state index < -0.39 is 12.1 Å². The van der Waals surface area contributed by atoms with Crippen LogP contribution in [0.4, 0.5) is 8.78 Å². The van der Waals surface area contributed by atoms with Crippen molar-refractivity contribution in [2.45, 2.75) is 64.7 Å². The Bertz CT molecular complexity index is 2220. The van der Waals surface area contributed by atoms with Crippen LogP contribution in [0.1, 0.15) is 85.0 Å². The second-order valence-electron chi connectivity index (χ2n) is 15.7. The van der Waals surface area contributed by atoms with Gasteiger partial charge in [0, 0.05) is 60.1 Å². The van der Waals surface area contributed by atoms with E-state index in [2.05, 4.69) is 30.9 Å². The molecule has 0 aliphatic carbocycles. The van der Waals surface area contributed by atoms with Gasteiger partial charge < -0.3 is 39.4 Å². The first-order valence-corrected chi connectivity index (χ1v) is 19.8. The molecule has 0 unspecified atom stereocenters. The minimum absolute atomic E-state index is 0.114. The topological polar surface area (TPSA) is 182 Å². The molecule has 2 saturated heterocycles. The fourth-order valence-electron chi connectivity index (χ4n) is 7.39. The highest BCUT2D eigenvalue weighted by Gasteiger charge is 2.41. The number of carbonyl (C=O) groups is 4. The summed E-state index contributed by atoms with van der Waals surface area (Å²) in [6, 6.07) is 20.1. The number of halogens is 2. The molecule has 312 valence electrons. The van der Waals surface area contributed by atoms with Crippen LogP contribution in [0.25, 0.3) is 22.6 Å². The Kier molecular flexibility index (Phi) is 12.4. The predicted octanol–water partition coefficient (Wildman–Crippen LogP) is 7.07. The third kappa shape index (κ3) is 9.38. The Labute approximate surface area is 344 Å². The summed E-state index contributed by atoms with van der Waals surface area (Å²) in [4.78, 5) is 61.6. The van der Waals surface area contributed by atoms with Gasteiger partial charge in [-0.3, -0.25) is 19.2 Å². The summed E-state index contributed by atoms with van der Waals surface area (Å²) in [7, 11) is 0. The molecule has 60 heavy (non-hydrogen) atoms. The van der Waals surface area contributed by atoms with Crippen LogP contribution in [-0.4, -0.2) is 78.9 Å². The quantitative estimate of drug-likeness (QED) is 0.113.